The Bertz CT molecular complexity index is 1060. The van der Waals surface area contributed by atoms with Crippen molar-refractivity contribution in [2.45, 2.75) is 20.4 Å². The van der Waals surface area contributed by atoms with Gasteiger partial charge in [0, 0.05) is 28.3 Å². The molecule has 1 aromatic heterocycles. The second-order valence-electron chi connectivity index (χ2n) is 6.17. The Hall–Kier alpha value is -3.26. The fourth-order valence-electron chi connectivity index (χ4n) is 2.81. The molecule has 0 saturated heterocycles. The van der Waals surface area contributed by atoms with Crippen LogP contribution in [0, 0.1) is 29.8 Å². The Balaban J connectivity index is 1.87. The molecule has 0 aliphatic carbocycles. The van der Waals surface area contributed by atoms with Crippen LogP contribution < -0.4 is 5.32 Å². The van der Waals surface area contributed by atoms with Crippen LogP contribution in [0.2, 0.25) is 5.02 Å². The molecular formula is C19H16ClFN4O3. The number of amides is 1. The SMILES string of the molecule is Cc1nn(Cc2c(F)cccc2Cl)c(C)c1NC(=O)c1cccc([N+](=O)[O-])c1. The predicted octanol–water partition coefficient (Wildman–Crippen LogP) is 4.50. The molecule has 0 aliphatic heterocycles. The van der Waals surface area contributed by atoms with Crippen molar-refractivity contribution in [3.63, 3.8) is 0 Å². The summed E-state index contributed by atoms with van der Waals surface area (Å²) in [6, 6.07) is 9.86. The molecule has 0 aliphatic rings. The van der Waals surface area contributed by atoms with Gasteiger partial charge in [0.05, 0.1) is 28.5 Å². The Morgan fingerprint density at radius 3 is 2.68 bits per heavy atom. The lowest BCUT2D eigenvalue weighted by Gasteiger charge is -2.09. The maximum atomic E-state index is 14.1. The number of aryl methyl sites for hydroxylation is 1. The van der Waals surface area contributed by atoms with Gasteiger partial charge in [-0.05, 0) is 32.0 Å². The van der Waals surface area contributed by atoms with Gasteiger partial charge < -0.3 is 5.32 Å². The molecule has 0 radical (unpaired) electrons. The van der Waals surface area contributed by atoms with E-state index in [0.717, 1.165) is 0 Å². The number of carbonyl (C=O) groups is 1. The average molecular weight is 403 g/mol. The van der Waals surface area contributed by atoms with E-state index in [0.29, 0.717) is 22.6 Å². The molecule has 0 unspecified atom stereocenters. The highest BCUT2D eigenvalue weighted by molar-refractivity contribution is 6.31. The second-order valence-corrected chi connectivity index (χ2v) is 6.57. The summed E-state index contributed by atoms with van der Waals surface area (Å²) < 4.78 is 15.6. The van der Waals surface area contributed by atoms with E-state index in [-0.39, 0.29) is 22.8 Å². The number of nitrogens with zero attached hydrogens (tertiary/aromatic N) is 3. The van der Waals surface area contributed by atoms with Crippen molar-refractivity contribution in [3.8, 4) is 0 Å². The molecule has 1 amide bonds. The van der Waals surface area contributed by atoms with Crippen molar-refractivity contribution in [2.75, 3.05) is 5.32 Å². The zero-order valence-electron chi connectivity index (χ0n) is 15.1. The molecule has 144 valence electrons. The molecule has 3 rings (SSSR count). The van der Waals surface area contributed by atoms with Crippen LogP contribution in [-0.2, 0) is 6.54 Å². The van der Waals surface area contributed by atoms with E-state index in [4.69, 9.17) is 11.6 Å². The Labute approximate surface area is 164 Å². The Kier molecular flexibility index (Phi) is 5.41. The lowest BCUT2D eigenvalue weighted by molar-refractivity contribution is -0.384. The molecular weight excluding hydrogens is 387 g/mol. The van der Waals surface area contributed by atoms with Gasteiger partial charge in [0.2, 0.25) is 0 Å². The zero-order chi connectivity index (χ0) is 20.4. The summed E-state index contributed by atoms with van der Waals surface area (Å²) in [5.74, 6) is -0.944. The lowest BCUT2D eigenvalue weighted by atomic mass is 10.2. The van der Waals surface area contributed by atoms with Crippen molar-refractivity contribution in [2.24, 2.45) is 0 Å². The van der Waals surface area contributed by atoms with Crippen molar-refractivity contribution < 1.29 is 14.1 Å². The van der Waals surface area contributed by atoms with Crippen molar-refractivity contribution in [3.05, 3.63) is 85.9 Å². The first-order valence-electron chi connectivity index (χ1n) is 8.30. The lowest BCUT2D eigenvalue weighted by Crippen LogP contribution is -2.13. The first-order valence-corrected chi connectivity index (χ1v) is 8.68. The third-order valence-electron chi connectivity index (χ3n) is 4.31. The van der Waals surface area contributed by atoms with Crippen LogP contribution in [0.25, 0.3) is 0 Å². The third-order valence-corrected chi connectivity index (χ3v) is 4.66. The minimum Gasteiger partial charge on any atom is -0.319 e. The zero-order valence-corrected chi connectivity index (χ0v) is 15.8. The van der Waals surface area contributed by atoms with Crippen LogP contribution in [0.3, 0.4) is 0 Å². The normalized spacial score (nSPS) is 10.7. The third kappa shape index (κ3) is 3.86. The number of non-ortho nitro benzene ring substituents is 1. The van der Waals surface area contributed by atoms with Crippen LogP contribution in [0.4, 0.5) is 15.8 Å². The van der Waals surface area contributed by atoms with Gasteiger partial charge in [-0.3, -0.25) is 19.6 Å². The molecule has 0 spiro atoms. The Morgan fingerprint density at radius 2 is 2.00 bits per heavy atom. The van der Waals surface area contributed by atoms with Gasteiger partial charge in [0.25, 0.3) is 11.6 Å². The number of nitro benzene ring substituents is 1. The standard InChI is InChI=1S/C19H16ClFN4O3/c1-11-18(22-19(26)13-5-3-6-14(9-13)25(27)28)12(2)24(23-11)10-15-16(20)7-4-8-17(15)21/h3-9H,10H2,1-2H3,(H,22,26). The molecule has 7 nitrogen and oxygen atoms in total. The number of aromatic nitrogens is 2. The van der Waals surface area contributed by atoms with E-state index < -0.39 is 16.6 Å². The summed E-state index contributed by atoms with van der Waals surface area (Å²) >= 11 is 6.08. The number of anilines is 1. The number of halogens is 2. The average Bonchev–Trinajstić information content (AvgIpc) is 2.92. The number of nitro groups is 1. The van der Waals surface area contributed by atoms with Gasteiger partial charge in [0.1, 0.15) is 5.82 Å². The molecule has 0 fully saturated rings. The molecule has 1 heterocycles. The molecule has 0 saturated carbocycles. The van der Waals surface area contributed by atoms with Gasteiger partial charge in [-0.15, -0.1) is 0 Å². The largest absolute Gasteiger partial charge is 0.319 e. The molecule has 9 heteroatoms. The fraction of sp³-hybridized carbons (Fsp3) is 0.158. The minimum atomic E-state index is -0.566. The Morgan fingerprint density at radius 1 is 1.29 bits per heavy atom. The van der Waals surface area contributed by atoms with Crippen LogP contribution in [0.15, 0.2) is 42.5 Å². The van der Waals surface area contributed by atoms with E-state index in [2.05, 4.69) is 10.4 Å². The van der Waals surface area contributed by atoms with Crippen LogP contribution >= 0.6 is 11.6 Å². The maximum Gasteiger partial charge on any atom is 0.270 e. The van der Waals surface area contributed by atoms with Crippen molar-refractivity contribution >= 4 is 28.9 Å². The number of carbonyl (C=O) groups excluding carboxylic acids is 1. The topological polar surface area (TPSA) is 90.1 Å². The van der Waals surface area contributed by atoms with Crippen LogP contribution in [0.5, 0.6) is 0 Å². The quantitative estimate of drug-likeness (QED) is 0.502. The van der Waals surface area contributed by atoms with E-state index in [9.17, 15) is 19.3 Å². The summed E-state index contributed by atoms with van der Waals surface area (Å²) in [6.45, 7) is 3.54. The van der Waals surface area contributed by atoms with Crippen LogP contribution in [0.1, 0.15) is 27.3 Å². The van der Waals surface area contributed by atoms with E-state index in [1.165, 1.54) is 36.4 Å². The number of nitrogens with one attached hydrogen (secondary N) is 1. The van der Waals surface area contributed by atoms with E-state index in [1.54, 1.807) is 24.6 Å². The predicted molar refractivity (Wildman–Crippen MR) is 103 cm³/mol. The van der Waals surface area contributed by atoms with Gasteiger partial charge in [-0.2, -0.15) is 5.10 Å². The van der Waals surface area contributed by atoms with Gasteiger partial charge in [-0.25, -0.2) is 4.39 Å². The summed E-state index contributed by atoms with van der Waals surface area (Å²) in [4.78, 5) is 22.8. The fourth-order valence-corrected chi connectivity index (χ4v) is 3.03. The second kappa shape index (κ2) is 7.77. The van der Waals surface area contributed by atoms with Gasteiger partial charge >= 0.3 is 0 Å². The first-order chi connectivity index (χ1) is 13.3. The van der Waals surface area contributed by atoms with Crippen molar-refractivity contribution in [1.29, 1.82) is 0 Å². The number of rotatable bonds is 5. The summed E-state index contributed by atoms with van der Waals surface area (Å²) in [6.07, 6.45) is 0. The highest BCUT2D eigenvalue weighted by atomic mass is 35.5. The number of hydrogen-bond donors (Lipinski definition) is 1. The monoisotopic (exact) mass is 402 g/mol. The summed E-state index contributed by atoms with van der Waals surface area (Å²) in [5.41, 5.74) is 1.87. The highest BCUT2D eigenvalue weighted by Crippen LogP contribution is 2.25. The first kappa shape index (κ1) is 19.5. The molecule has 0 bridgehead atoms. The molecule has 0 atom stereocenters. The molecule has 2 aromatic carbocycles. The summed E-state index contributed by atoms with van der Waals surface area (Å²) in [7, 11) is 0. The van der Waals surface area contributed by atoms with E-state index >= 15 is 0 Å². The number of benzene rings is 2. The van der Waals surface area contributed by atoms with Gasteiger partial charge in [-0.1, -0.05) is 23.7 Å². The minimum absolute atomic E-state index is 0.102. The maximum absolute atomic E-state index is 14.1. The molecule has 1 N–H and O–H groups in total. The van der Waals surface area contributed by atoms with Crippen molar-refractivity contribution in [1.82, 2.24) is 9.78 Å². The molecule has 28 heavy (non-hydrogen) atoms. The van der Waals surface area contributed by atoms with E-state index in [1.807, 2.05) is 0 Å². The smallest absolute Gasteiger partial charge is 0.270 e. The van der Waals surface area contributed by atoms with Crippen LogP contribution in [-0.4, -0.2) is 20.6 Å². The summed E-state index contributed by atoms with van der Waals surface area (Å²) in [5, 5.41) is 18.3. The molecule has 3 aromatic rings. The van der Waals surface area contributed by atoms with Gasteiger partial charge in [0.15, 0.2) is 0 Å². The number of hydrogen-bond acceptors (Lipinski definition) is 4. The highest BCUT2D eigenvalue weighted by Gasteiger charge is 2.18.